The number of carbonyl (C=O) groups excluding carboxylic acids is 6. The normalized spacial score (nSPS) is 17.2. The molecule has 1 saturated heterocycles. The summed E-state index contributed by atoms with van der Waals surface area (Å²) in [5, 5.41) is 64.8. The number of aliphatic imine (C=N–C) groups is 1. The fraction of sp³-hybridized carbons (Fsp3) is 0.781. The molecule has 1 aliphatic rings. The number of benzene rings is 1. The number of anilines is 1. The number of aliphatic carboxylic acids is 1. The number of ether oxygens (including phenoxy) is 13. The van der Waals surface area contributed by atoms with E-state index in [0.717, 1.165) is 19.3 Å². The molecule has 0 radical (unpaired) electrons. The second-order valence-corrected chi connectivity index (χ2v) is 22.5. The van der Waals surface area contributed by atoms with E-state index in [1.54, 1.807) is 38.1 Å². The lowest BCUT2D eigenvalue weighted by Crippen LogP contribution is -2.63. The van der Waals surface area contributed by atoms with Crippen molar-refractivity contribution >= 4 is 53.4 Å². The lowest BCUT2D eigenvalue weighted by atomic mass is 9.98. The molecule has 0 aromatic heterocycles. The van der Waals surface area contributed by atoms with E-state index in [1.807, 2.05) is 0 Å². The Bertz CT molecular complexity index is 2270. The first-order valence-electron chi connectivity index (χ1n) is 33.6. The minimum Gasteiger partial charge on any atom is -0.479 e. The van der Waals surface area contributed by atoms with Gasteiger partial charge in [-0.25, -0.2) is 14.6 Å². The average Bonchev–Trinajstić information content (AvgIpc) is 0.836. The summed E-state index contributed by atoms with van der Waals surface area (Å²) < 4.78 is 71.1. The van der Waals surface area contributed by atoms with Crippen molar-refractivity contribution in [3.05, 3.63) is 29.8 Å². The largest absolute Gasteiger partial charge is 0.479 e. The maximum absolute atomic E-state index is 13.9. The van der Waals surface area contributed by atoms with Crippen molar-refractivity contribution in [2.45, 2.75) is 147 Å². The van der Waals surface area contributed by atoms with E-state index in [-0.39, 0.29) is 70.3 Å². The van der Waals surface area contributed by atoms with E-state index in [4.69, 9.17) is 72.4 Å². The number of nitrogens with one attached hydrogen (secondary N) is 6. The maximum Gasteiger partial charge on any atom is 0.337 e. The first-order chi connectivity index (χ1) is 47.0. The number of amides is 7. The second-order valence-electron chi connectivity index (χ2n) is 22.5. The van der Waals surface area contributed by atoms with Crippen LogP contribution in [-0.4, -0.2) is 294 Å². The molecule has 33 nitrogen and oxygen atoms in total. The minimum absolute atomic E-state index is 0.0406. The van der Waals surface area contributed by atoms with Gasteiger partial charge >= 0.3 is 12.0 Å². The van der Waals surface area contributed by atoms with Gasteiger partial charge in [-0.1, -0.05) is 52.2 Å². The Morgan fingerprint density at radius 1 is 0.526 bits per heavy atom. The summed E-state index contributed by atoms with van der Waals surface area (Å²) in [6.45, 7) is 14.8. The first-order valence-corrected chi connectivity index (χ1v) is 33.6. The van der Waals surface area contributed by atoms with Gasteiger partial charge in [-0.3, -0.25) is 29.3 Å². The van der Waals surface area contributed by atoms with Gasteiger partial charge in [-0.15, -0.1) is 0 Å². The van der Waals surface area contributed by atoms with Crippen LogP contribution in [0.25, 0.3) is 0 Å². The Morgan fingerprint density at radius 3 is 1.45 bits per heavy atom. The first kappa shape index (κ1) is 87.5. The van der Waals surface area contributed by atoms with Gasteiger partial charge in [0.15, 0.2) is 6.10 Å². The summed E-state index contributed by atoms with van der Waals surface area (Å²) in [7, 11) is 0. The number of aliphatic hydroxyl groups excluding tert-OH is 4. The SMILES string of the molecule is CCCCCCC(=O)NC(CCCCNC(=O)CCOCCOCCOCCOCCOCCOCCOCCOCCOCCOCCOCCOCCNC1O[C@H](C(=O)O)[C@@H](O)[C@H](O)[C@H]1O)C(=O)NC(C(=O)NC(CC/C=N/C(N)=O)C(=O)Nc1ccc(CO)cc1)C(C)C. The number of carboxylic acids is 1. The zero-order chi connectivity index (χ0) is 70.9. The summed E-state index contributed by atoms with van der Waals surface area (Å²) in [6.07, 6.45) is -1.31. The van der Waals surface area contributed by atoms with Gasteiger partial charge in [-0.05, 0) is 62.1 Å². The van der Waals surface area contributed by atoms with Crippen LogP contribution in [0, 0.1) is 5.92 Å². The number of primary amides is 1. The summed E-state index contributed by atoms with van der Waals surface area (Å²) in [4.78, 5) is 92.6. The van der Waals surface area contributed by atoms with Crippen LogP contribution >= 0.6 is 0 Å². The molecule has 0 bridgehead atoms. The molecule has 4 unspecified atom stereocenters. The Labute approximate surface area is 569 Å². The Balaban J connectivity index is 1.42. The fourth-order valence-corrected chi connectivity index (χ4v) is 8.89. The van der Waals surface area contributed by atoms with Crippen molar-refractivity contribution in [3.8, 4) is 0 Å². The molecule has 0 saturated carbocycles. The third-order valence-corrected chi connectivity index (χ3v) is 14.3. The zero-order valence-electron chi connectivity index (χ0n) is 56.9. The van der Waals surface area contributed by atoms with Crippen LogP contribution in [0.15, 0.2) is 29.3 Å². The number of nitrogens with zero attached hydrogens (tertiary/aromatic N) is 1. The van der Waals surface area contributed by atoms with Gasteiger partial charge in [0.25, 0.3) is 0 Å². The molecule has 1 aliphatic heterocycles. The molecule has 97 heavy (non-hydrogen) atoms. The Hall–Kier alpha value is -5.54. The number of hydrogen-bond donors (Lipinski definition) is 12. The molecule has 33 heteroatoms. The molecule has 1 fully saturated rings. The van der Waals surface area contributed by atoms with Crippen molar-refractivity contribution in [1.29, 1.82) is 0 Å². The van der Waals surface area contributed by atoms with E-state index >= 15 is 0 Å². The number of urea groups is 1. The van der Waals surface area contributed by atoms with Gasteiger partial charge in [0, 0.05) is 37.8 Å². The van der Waals surface area contributed by atoms with Crippen molar-refractivity contribution in [2.24, 2.45) is 16.6 Å². The number of carboxylic acid groups (broad SMARTS) is 1. The summed E-state index contributed by atoms with van der Waals surface area (Å²) in [6, 6.07) is 2.38. The van der Waals surface area contributed by atoms with E-state index in [0.29, 0.717) is 182 Å². The van der Waals surface area contributed by atoms with E-state index in [1.165, 1.54) is 6.21 Å². The highest BCUT2D eigenvalue weighted by molar-refractivity contribution is 5.99. The summed E-state index contributed by atoms with van der Waals surface area (Å²) >= 11 is 0. The number of unbranched alkanes of at least 4 members (excludes halogenated alkanes) is 4. The molecule has 8 atom stereocenters. The highest BCUT2D eigenvalue weighted by atomic mass is 16.6. The topological polar surface area (TPSA) is 451 Å². The molecule has 0 aliphatic carbocycles. The number of hydrogen-bond acceptors (Lipinski definition) is 25. The monoisotopic (exact) mass is 1390 g/mol. The molecule has 2 rings (SSSR count). The molecular weight excluding hydrogens is 1280 g/mol. The molecular formula is C64H112N8O25. The molecule has 0 spiro atoms. The van der Waals surface area contributed by atoms with Crippen molar-refractivity contribution in [1.82, 2.24) is 26.6 Å². The van der Waals surface area contributed by atoms with Crippen LogP contribution < -0.4 is 37.6 Å². The van der Waals surface area contributed by atoms with E-state index < -0.39 is 84.4 Å². The van der Waals surface area contributed by atoms with Crippen LogP contribution in [-0.2, 0) is 97.0 Å². The molecule has 558 valence electrons. The van der Waals surface area contributed by atoms with Gasteiger partial charge in [0.05, 0.1) is 165 Å². The zero-order valence-corrected chi connectivity index (χ0v) is 56.9. The van der Waals surface area contributed by atoms with Crippen molar-refractivity contribution < 1.29 is 121 Å². The maximum atomic E-state index is 13.9. The van der Waals surface area contributed by atoms with Crippen LogP contribution in [0.5, 0.6) is 0 Å². The quantitative estimate of drug-likeness (QED) is 0.0288. The standard InChI is InChI=1S/C64H112N8O25/c1-4-5-6-7-13-53(75)70-50(60(80)72-54(47(2)3)61(81)71-51(12-10-20-68-64(65)84)59(79)69-49-16-14-48(46-73)15-17-49)11-8-9-19-66-52(74)18-22-85-24-26-87-28-30-89-32-34-91-36-38-93-40-42-95-44-45-96-43-41-94-39-37-92-35-33-90-31-29-88-27-25-86-23-21-67-62-57(78)55(76)56(77)58(97-62)63(82)83/h14-17,20,47,50-51,54-58,62,67,73,76-78H,4-13,18-19,21-46H2,1-3H3,(H2,65,84)(H,66,74)(H,69,79)(H,70,75)(H,71,81)(H,72,80)(H,82,83)/b68-20+/t50?,51?,54?,55-,56-,57+,58-,62?/m0/s1. The van der Waals surface area contributed by atoms with Crippen molar-refractivity contribution in [3.63, 3.8) is 0 Å². The predicted molar refractivity (Wildman–Crippen MR) is 351 cm³/mol. The molecule has 1 aromatic rings. The number of rotatable bonds is 63. The van der Waals surface area contributed by atoms with Gasteiger partial charge in [-0.2, -0.15) is 0 Å². The third-order valence-electron chi connectivity index (χ3n) is 14.3. The Morgan fingerprint density at radius 2 is 1.00 bits per heavy atom. The molecule has 1 aromatic carbocycles. The van der Waals surface area contributed by atoms with Crippen LogP contribution in [0.2, 0.25) is 0 Å². The van der Waals surface area contributed by atoms with Gasteiger partial charge < -0.3 is 119 Å². The second kappa shape index (κ2) is 58.3. The van der Waals surface area contributed by atoms with Gasteiger partial charge in [0.1, 0.15) is 42.7 Å². The number of carbonyl (C=O) groups is 7. The molecule has 13 N–H and O–H groups in total. The third kappa shape index (κ3) is 45.0. The van der Waals surface area contributed by atoms with Gasteiger partial charge in [0.2, 0.25) is 29.5 Å². The van der Waals surface area contributed by atoms with Crippen LogP contribution in [0.3, 0.4) is 0 Å². The number of nitrogens with two attached hydrogens (primary N) is 1. The van der Waals surface area contributed by atoms with Crippen LogP contribution in [0.4, 0.5) is 10.5 Å². The summed E-state index contributed by atoms with van der Waals surface area (Å²) in [5.41, 5.74) is 6.17. The molecule has 7 amide bonds. The fourth-order valence-electron chi connectivity index (χ4n) is 8.89. The smallest absolute Gasteiger partial charge is 0.337 e. The van der Waals surface area contributed by atoms with Crippen LogP contribution in [0.1, 0.15) is 97.0 Å². The number of aliphatic hydroxyl groups is 4. The lowest BCUT2D eigenvalue weighted by Gasteiger charge is -2.39. The lowest BCUT2D eigenvalue weighted by molar-refractivity contribution is -0.234. The summed E-state index contributed by atoms with van der Waals surface area (Å²) in [5.74, 6) is -4.16. The average molecular weight is 1390 g/mol. The molecule has 1 heterocycles. The highest BCUT2D eigenvalue weighted by Crippen LogP contribution is 2.20. The van der Waals surface area contributed by atoms with Crippen molar-refractivity contribution in [2.75, 3.05) is 177 Å². The van der Waals surface area contributed by atoms with E-state index in [9.17, 15) is 54.0 Å². The highest BCUT2D eigenvalue weighted by Gasteiger charge is 2.46. The minimum atomic E-state index is -1.74. The predicted octanol–water partition coefficient (Wildman–Crippen LogP) is -0.515. The Kier molecular flexibility index (Phi) is 52.6. The van der Waals surface area contributed by atoms with E-state index in [2.05, 4.69) is 43.8 Å².